The largest absolute Gasteiger partial charge is 0.336 e. The Labute approximate surface area is 119 Å². The number of hydrogen-bond donors (Lipinski definition) is 0. The number of benzene rings is 1. The Morgan fingerprint density at radius 1 is 1.33 bits per heavy atom. The molecule has 0 aliphatic heterocycles. The summed E-state index contributed by atoms with van der Waals surface area (Å²) in [5.41, 5.74) is 1.03. The van der Waals surface area contributed by atoms with Crippen LogP contribution in [0.1, 0.15) is 26.3 Å². The van der Waals surface area contributed by atoms with Gasteiger partial charge in [-0.15, -0.1) is 11.6 Å². The SMILES string of the molecule is CC(CCl)C(=O)N(Cc1cccc(Cl)c1)C(C)C. The van der Waals surface area contributed by atoms with Gasteiger partial charge in [0, 0.05) is 29.4 Å². The monoisotopic (exact) mass is 287 g/mol. The summed E-state index contributed by atoms with van der Waals surface area (Å²) in [5, 5.41) is 0.689. The first-order valence-electron chi connectivity index (χ1n) is 6.06. The van der Waals surface area contributed by atoms with Crippen molar-refractivity contribution in [3.05, 3.63) is 34.9 Å². The van der Waals surface area contributed by atoms with Gasteiger partial charge >= 0.3 is 0 Å². The normalized spacial score (nSPS) is 12.6. The number of hydrogen-bond acceptors (Lipinski definition) is 1. The molecule has 100 valence electrons. The minimum Gasteiger partial charge on any atom is -0.336 e. The molecule has 0 spiro atoms. The van der Waals surface area contributed by atoms with E-state index in [1.807, 2.05) is 49.9 Å². The second kappa shape index (κ2) is 7.01. The fourth-order valence-electron chi connectivity index (χ4n) is 1.70. The fraction of sp³-hybridized carbons (Fsp3) is 0.500. The molecule has 1 rings (SSSR count). The number of nitrogens with zero attached hydrogens (tertiary/aromatic N) is 1. The minimum atomic E-state index is -0.159. The van der Waals surface area contributed by atoms with E-state index in [1.54, 1.807) is 0 Å². The van der Waals surface area contributed by atoms with Crippen LogP contribution in [0.3, 0.4) is 0 Å². The Morgan fingerprint density at radius 3 is 2.50 bits per heavy atom. The number of alkyl halides is 1. The van der Waals surface area contributed by atoms with Gasteiger partial charge in [0.2, 0.25) is 5.91 Å². The molecule has 1 amide bonds. The summed E-state index contributed by atoms with van der Waals surface area (Å²) in [6.07, 6.45) is 0. The van der Waals surface area contributed by atoms with Gasteiger partial charge in [-0.05, 0) is 31.5 Å². The molecule has 4 heteroatoms. The first kappa shape index (κ1) is 15.3. The molecule has 0 saturated carbocycles. The number of carbonyl (C=O) groups is 1. The number of carbonyl (C=O) groups excluding carboxylic acids is 1. The molecule has 1 atom stereocenters. The Balaban J connectivity index is 2.84. The van der Waals surface area contributed by atoms with Gasteiger partial charge in [0.25, 0.3) is 0 Å². The molecular weight excluding hydrogens is 269 g/mol. The lowest BCUT2D eigenvalue weighted by Crippen LogP contribution is -2.40. The van der Waals surface area contributed by atoms with Crippen molar-refractivity contribution in [3.63, 3.8) is 0 Å². The van der Waals surface area contributed by atoms with Crippen LogP contribution in [0.4, 0.5) is 0 Å². The lowest BCUT2D eigenvalue weighted by molar-refractivity contribution is -0.136. The van der Waals surface area contributed by atoms with Crippen molar-refractivity contribution >= 4 is 29.1 Å². The number of halogens is 2. The van der Waals surface area contributed by atoms with Gasteiger partial charge in [0.15, 0.2) is 0 Å². The van der Waals surface area contributed by atoms with Crippen molar-refractivity contribution in [2.75, 3.05) is 5.88 Å². The molecule has 1 aromatic carbocycles. The van der Waals surface area contributed by atoms with Crippen LogP contribution in [0, 0.1) is 5.92 Å². The Morgan fingerprint density at radius 2 is 2.00 bits per heavy atom. The average Bonchev–Trinajstić information content (AvgIpc) is 2.34. The van der Waals surface area contributed by atoms with Crippen LogP contribution >= 0.6 is 23.2 Å². The third kappa shape index (κ3) is 4.18. The van der Waals surface area contributed by atoms with Crippen LogP contribution in [0.2, 0.25) is 5.02 Å². The van der Waals surface area contributed by atoms with Crippen molar-refractivity contribution < 1.29 is 4.79 Å². The van der Waals surface area contributed by atoms with E-state index >= 15 is 0 Å². The van der Waals surface area contributed by atoms with E-state index < -0.39 is 0 Å². The Kier molecular flexibility index (Phi) is 5.97. The minimum absolute atomic E-state index is 0.0833. The highest BCUT2D eigenvalue weighted by atomic mass is 35.5. The molecule has 0 saturated heterocycles. The predicted molar refractivity (Wildman–Crippen MR) is 77.0 cm³/mol. The molecule has 1 unspecified atom stereocenters. The van der Waals surface area contributed by atoms with Gasteiger partial charge in [0.05, 0.1) is 0 Å². The highest BCUT2D eigenvalue weighted by molar-refractivity contribution is 6.30. The third-order valence-corrected chi connectivity index (χ3v) is 3.50. The summed E-state index contributed by atoms with van der Waals surface area (Å²) in [4.78, 5) is 14.0. The van der Waals surface area contributed by atoms with Gasteiger partial charge in [-0.1, -0.05) is 30.7 Å². The van der Waals surface area contributed by atoms with E-state index in [0.717, 1.165) is 5.56 Å². The van der Waals surface area contributed by atoms with E-state index in [2.05, 4.69) is 0 Å². The summed E-state index contributed by atoms with van der Waals surface area (Å²) >= 11 is 11.7. The van der Waals surface area contributed by atoms with Crippen LogP contribution in [0.5, 0.6) is 0 Å². The summed E-state index contributed by atoms with van der Waals surface area (Å²) in [6.45, 7) is 6.42. The van der Waals surface area contributed by atoms with E-state index in [-0.39, 0.29) is 17.9 Å². The van der Waals surface area contributed by atoms with Gasteiger partial charge in [-0.2, -0.15) is 0 Å². The Bertz CT molecular complexity index is 407. The van der Waals surface area contributed by atoms with Crippen molar-refractivity contribution in [3.8, 4) is 0 Å². The van der Waals surface area contributed by atoms with Crippen molar-refractivity contribution in [1.82, 2.24) is 4.90 Å². The second-order valence-corrected chi connectivity index (χ2v) is 5.49. The van der Waals surface area contributed by atoms with E-state index in [4.69, 9.17) is 23.2 Å². The zero-order chi connectivity index (χ0) is 13.7. The fourth-order valence-corrected chi connectivity index (χ4v) is 2.04. The molecule has 0 aromatic heterocycles. The molecular formula is C14H19Cl2NO. The lowest BCUT2D eigenvalue weighted by Gasteiger charge is -2.29. The molecule has 0 N–H and O–H groups in total. The molecule has 2 nitrogen and oxygen atoms in total. The standard InChI is InChI=1S/C14H19Cl2NO/c1-10(2)17(14(18)11(3)8-15)9-12-5-4-6-13(16)7-12/h4-7,10-11H,8-9H2,1-3H3. The zero-order valence-corrected chi connectivity index (χ0v) is 12.5. The molecule has 18 heavy (non-hydrogen) atoms. The third-order valence-electron chi connectivity index (χ3n) is 2.80. The second-order valence-electron chi connectivity index (χ2n) is 4.75. The van der Waals surface area contributed by atoms with Crippen LogP contribution < -0.4 is 0 Å². The summed E-state index contributed by atoms with van der Waals surface area (Å²) in [5.74, 6) is 0.269. The smallest absolute Gasteiger partial charge is 0.227 e. The highest BCUT2D eigenvalue weighted by Crippen LogP contribution is 2.16. The first-order valence-corrected chi connectivity index (χ1v) is 6.97. The van der Waals surface area contributed by atoms with Crippen LogP contribution in [0.25, 0.3) is 0 Å². The van der Waals surface area contributed by atoms with Gasteiger partial charge in [-0.25, -0.2) is 0 Å². The van der Waals surface area contributed by atoms with Crippen molar-refractivity contribution in [2.24, 2.45) is 5.92 Å². The quantitative estimate of drug-likeness (QED) is 0.751. The molecule has 0 aliphatic rings. The van der Waals surface area contributed by atoms with Crippen LogP contribution in [-0.2, 0) is 11.3 Å². The maximum absolute atomic E-state index is 12.2. The molecule has 0 fully saturated rings. The zero-order valence-electron chi connectivity index (χ0n) is 11.0. The van der Waals surface area contributed by atoms with Gasteiger partial charge < -0.3 is 4.90 Å². The maximum Gasteiger partial charge on any atom is 0.227 e. The Hall–Kier alpha value is -0.730. The topological polar surface area (TPSA) is 20.3 Å². The first-order chi connectivity index (χ1) is 8.45. The van der Waals surface area contributed by atoms with Crippen LogP contribution in [0.15, 0.2) is 24.3 Å². The van der Waals surface area contributed by atoms with Crippen molar-refractivity contribution in [1.29, 1.82) is 0 Å². The van der Waals surface area contributed by atoms with Gasteiger partial charge in [0.1, 0.15) is 0 Å². The van der Waals surface area contributed by atoms with Crippen LogP contribution in [-0.4, -0.2) is 22.7 Å². The number of rotatable bonds is 5. The molecule has 0 bridgehead atoms. The van der Waals surface area contributed by atoms with E-state index in [0.29, 0.717) is 17.4 Å². The van der Waals surface area contributed by atoms with Gasteiger partial charge in [-0.3, -0.25) is 4.79 Å². The molecule has 0 aliphatic carbocycles. The predicted octanol–water partition coefficient (Wildman–Crippen LogP) is 3.95. The van der Waals surface area contributed by atoms with E-state index in [1.165, 1.54) is 0 Å². The average molecular weight is 288 g/mol. The summed E-state index contributed by atoms with van der Waals surface area (Å²) < 4.78 is 0. The number of amides is 1. The molecule has 1 aromatic rings. The summed E-state index contributed by atoms with van der Waals surface area (Å²) in [6, 6.07) is 7.72. The maximum atomic E-state index is 12.2. The van der Waals surface area contributed by atoms with Crippen molar-refractivity contribution in [2.45, 2.75) is 33.4 Å². The lowest BCUT2D eigenvalue weighted by atomic mass is 10.1. The molecule has 0 radical (unpaired) electrons. The van der Waals surface area contributed by atoms with E-state index in [9.17, 15) is 4.79 Å². The highest BCUT2D eigenvalue weighted by Gasteiger charge is 2.22. The summed E-state index contributed by atoms with van der Waals surface area (Å²) in [7, 11) is 0. The molecule has 0 heterocycles.